The van der Waals surface area contributed by atoms with Gasteiger partial charge in [-0.3, -0.25) is 4.79 Å². The van der Waals surface area contributed by atoms with Gasteiger partial charge in [0.1, 0.15) is 0 Å². The molecule has 1 spiro atoms. The number of halogens is 2. The van der Waals surface area contributed by atoms with Crippen LogP contribution in [0.25, 0.3) is 0 Å². The second-order valence-corrected chi connectivity index (χ2v) is 8.03. The first kappa shape index (κ1) is 17.1. The van der Waals surface area contributed by atoms with Crippen LogP contribution >= 0.6 is 23.2 Å². The molecule has 0 aromatic heterocycles. The molecule has 0 bridgehead atoms. The topological polar surface area (TPSA) is 29.5 Å². The molecular weight excluding hydrogens is 333 g/mol. The molecule has 0 saturated carbocycles. The Morgan fingerprint density at radius 2 is 2.00 bits per heavy atom. The van der Waals surface area contributed by atoms with E-state index in [2.05, 4.69) is 0 Å². The van der Waals surface area contributed by atoms with Gasteiger partial charge >= 0.3 is 0 Å². The van der Waals surface area contributed by atoms with Crippen LogP contribution in [0.15, 0.2) is 18.2 Å². The Labute approximate surface area is 147 Å². The number of carbonyl (C=O) groups is 1. The summed E-state index contributed by atoms with van der Waals surface area (Å²) in [6.45, 7) is 6.18. The quantitative estimate of drug-likeness (QED) is 0.784. The summed E-state index contributed by atoms with van der Waals surface area (Å²) in [6.07, 6.45) is 4.32. The highest BCUT2D eigenvalue weighted by Crippen LogP contribution is 2.37. The summed E-state index contributed by atoms with van der Waals surface area (Å²) in [4.78, 5) is 15.0. The zero-order chi connectivity index (χ0) is 16.7. The first-order valence-electron chi connectivity index (χ1n) is 8.23. The number of carbonyl (C=O) groups excluding carboxylic acids is 1. The van der Waals surface area contributed by atoms with Crippen molar-refractivity contribution in [3.05, 3.63) is 33.8 Å². The molecule has 3 rings (SSSR count). The molecule has 2 saturated heterocycles. The molecular formula is C18H23Cl2NO2. The van der Waals surface area contributed by atoms with Gasteiger partial charge in [0.2, 0.25) is 5.91 Å². The molecule has 126 valence electrons. The number of amides is 1. The van der Waals surface area contributed by atoms with Gasteiger partial charge in [0.25, 0.3) is 0 Å². The molecule has 1 aromatic rings. The second-order valence-electron chi connectivity index (χ2n) is 7.22. The minimum Gasteiger partial charge on any atom is -0.373 e. The van der Waals surface area contributed by atoms with Gasteiger partial charge in [-0.15, -0.1) is 0 Å². The van der Waals surface area contributed by atoms with E-state index < -0.39 is 5.41 Å². The molecule has 0 aliphatic carbocycles. The highest BCUT2D eigenvalue weighted by Gasteiger charge is 2.45. The molecule has 23 heavy (non-hydrogen) atoms. The van der Waals surface area contributed by atoms with Crippen molar-refractivity contribution in [2.24, 2.45) is 0 Å². The molecule has 2 heterocycles. The summed E-state index contributed by atoms with van der Waals surface area (Å²) in [6, 6.07) is 5.43. The third-order valence-corrected chi connectivity index (χ3v) is 5.95. The van der Waals surface area contributed by atoms with Crippen molar-refractivity contribution in [3.63, 3.8) is 0 Å². The molecule has 3 nitrogen and oxygen atoms in total. The fraction of sp³-hybridized carbons (Fsp3) is 0.611. The van der Waals surface area contributed by atoms with Gasteiger partial charge in [0.05, 0.1) is 21.1 Å². The van der Waals surface area contributed by atoms with Gasteiger partial charge in [-0.05, 0) is 57.2 Å². The van der Waals surface area contributed by atoms with Crippen molar-refractivity contribution in [2.75, 3.05) is 19.7 Å². The van der Waals surface area contributed by atoms with Crippen molar-refractivity contribution in [3.8, 4) is 0 Å². The maximum absolute atomic E-state index is 13.1. The monoisotopic (exact) mass is 355 g/mol. The standard InChI is InChI=1S/C18H23Cl2NO2/c1-17(2,13-5-6-14(19)15(20)11-13)16(22)21-9-8-18(12-21)7-3-4-10-23-18/h5-6,11H,3-4,7-10,12H2,1-2H3. The number of benzene rings is 1. The molecule has 0 radical (unpaired) electrons. The first-order valence-corrected chi connectivity index (χ1v) is 8.99. The third kappa shape index (κ3) is 3.24. The lowest BCUT2D eigenvalue weighted by Gasteiger charge is -2.35. The van der Waals surface area contributed by atoms with E-state index >= 15 is 0 Å². The minimum atomic E-state index is -0.631. The largest absolute Gasteiger partial charge is 0.373 e. The van der Waals surface area contributed by atoms with Gasteiger partial charge in [-0.2, -0.15) is 0 Å². The Bertz CT molecular complexity index is 609. The summed E-state index contributed by atoms with van der Waals surface area (Å²) in [5, 5.41) is 0.993. The Hall–Kier alpha value is -0.770. The summed E-state index contributed by atoms with van der Waals surface area (Å²) in [5.74, 6) is 0.127. The van der Waals surface area contributed by atoms with E-state index in [1.165, 1.54) is 6.42 Å². The number of ether oxygens (including phenoxy) is 1. The molecule has 2 fully saturated rings. The van der Waals surface area contributed by atoms with Crippen LogP contribution in [-0.2, 0) is 14.9 Å². The molecule has 1 aromatic carbocycles. The van der Waals surface area contributed by atoms with Gasteiger partial charge in [-0.1, -0.05) is 29.3 Å². The van der Waals surface area contributed by atoms with Crippen molar-refractivity contribution in [1.82, 2.24) is 4.90 Å². The molecule has 2 aliphatic heterocycles. The molecule has 5 heteroatoms. The van der Waals surface area contributed by atoms with Crippen molar-refractivity contribution < 1.29 is 9.53 Å². The van der Waals surface area contributed by atoms with E-state index in [0.717, 1.165) is 38.0 Å². The molecule has 1 unspecified atom stereocenters. The van der Waals surface area contributed by atoms with Gasteiger partial charge in [-0.25, -0.2) is 0 Å². The van der Waals surface area contributed by atoms with Gasteiger partial charge in [0.15, 0.2) is 0 Å². The second kappa shape index (κ2) is 6.27. The van der Waals surface area contributed by atoms with Crippen LogP contribution in [0.3, 0.4) is 0 Å². The van der Waals surface area contributed by atoms with Crippen LogP contribution in [0, 0.1) is 0 Å². The number of nitrogens with zero attached hydrogens (tertiary/aromatic N) is 1. The number of likely N-dealkylation sites (tertiary alicyclic amines) is 1. The van der Waals surface area contributed by atoms with Gasteiger partial charge < -0.3 is 9.64 Å². The fourth-order valence-corrected chi connectivity index (χ4v) is 3.95. The lowest BCUT2D eigenvalue weighted by molar-refractivity contribution is -0.137. The van der Waals surface area contributed by atoms with Crippen LogP contribution in [-0.4, -0.2) is 36.1 Å². The zero-order valence-corrected chi connectivity index (χ0v) is 15.2. The van der Waals surface area contributed by atoms with Crippen molar-refractivity contribution >= 4 is 29.1 Å². The Balaban J connectivity index is 1.77. The average molecular weight is 356 g/mol. The molecule has 1 atom stereocenters. The number of hydrogen-bond donors (Lipinski definition) is 0. The maximum atomic E-state index is 13.1. The lowest BCUT2D eigenvalue weighted by atomic mass is 9.83. The van der Waals surface area contributed by atoms with Crippen LogP contribution in [0.5, 0.6) is 0 Å². The summed E-state index contributed by atoms with van der Waals surface area (Å²) >= 11 is 12.1. The third-order valence-electron chi connectivity index (χ3n) is 5.21. The first-order chi connectivity index (χ1) is 10.8. The van der Waals surface area contributed by atoms with Crippen LogP contribution in [0.2, 0.25) is 10.0 Å². The zero-order valence-electron chi connectivity index (χ0n) is 13.7. The van der Waals surface area contributed by atoms with Crippen molar-refractivity contribution in [2.45, 2.75) is 50.5 Å². The predicted octanol–water partition coefficient (Wildman–Crippen LogP) is 4.44. The van der Waals surface area contributed by atoms with E-state index in [9.17, 15) is 4.79 Å². The predicted molar refractivity (Wildman–Crippen MR) is 93.2 cm³/mol. The van der Waals surface area contributed by atoms with E-state index in [1.54, 1.807) is 12.1 Å². The van der Waals surface area contributed by atoms with Crippen LogP contribution < -0.4 is 0 Å². The Kier molecular flexibility index (Phi) is 4.65. The van der Waals surface area contributed by atoms with Crippen LogP contribution in [0.4, 0.5) is 0 Å². The average Bonchev–Trinajstić information content (AvgIpc) is 2.93. The Morgan fingerprint density at radius 1 is 1.22 bits per heavy atom. The lowest BCUT2D eigenvalue weighted by Crippen LogP contribution is -2.46. The molecule has 1 amide bonds. The normalized spacial score (nSPS) is 25.1. The SMILES string of the molecule is CC(C)(C(=O)N1CCC2(CCCCO2)C1)c1ccc(Cl)c(Cl)c1. The van der Waals surface area contributed by atoms with Crippen molar-refractivity contribution in [1.29, 1.82) is 0 Å². The molecule has 0 N–H and O–H groups in total. The smallest absolute Gasteiger partial charge is 0.232 e. The summed E-state index contributed by atoms with van der Waals surface area (Å²) in [7, 11) is 0. The molecule has 2 aliphatic rings. The van der Waals surface area contributed by atoms with E-state index in [1.807, 2.05) is 24.8 Å². The summed E-state index contributed by atoms with van der Waals surface area (Å²) < 4.78 is 6.03. The van der Waals surface area contributed by atoms with Gasteiger partial charge in [0, 0.05) is 19.7 Å². The fourth-order valence-electron chi connectivity index (χ4n) is 3.65. The number of rotatable bonds is 2. The highest BCUT2D eigenvalue weighted by molar-refractivity contribution is 6.42. The summed E-state index contributed by atoms with van der Waals surface area (Å²) in [5.41, 5.74) is 0.151. The number of hydrogen-bond acceptors (Lipinski definition) is 2. The van der Waals surface area contributed by atoms with Crippen LogP contribution in [0.1, 0.15) is 45.1 Å². The Morgan fingerprint density at radius 3 is 2.65 bits per heavy atom. The minimum absolute atomic E-state index is 0.109. The maximum Gasteiger partial charge on any atom is 0.232 e. The van der Waals surface area contributed by atoms with E-state index in [0.29, 0.717) is 16.6 Å². The van der Waals surface area contributed by atoms with E-state index in [4.69, 9.17) is 27.9 Å². The highest BCUT2D eigenvalue weighted by atomic mass is 35.5. The van der Waals surface area contributed by atoms with E-state index in [-0.39, 0.29) is 11.5 Å².